The molecule has 0 amide bonds. The van der Waals surface area contributed by atoms with Gasteiger partial charge in [-0.25, -0.2) is 13.1 Å². The van der Waals surface area contributed by atoms with Crippen molar-refractivity contribution < 1.29 is 27.6 Å². The van der Waals surface area contributed by atoms with Gasteiger partial charge < -0.3 is 9.47 Å². The predicted molar refractivity (Wildman–Crippen MR) is 121 cm³/mol. The maximum absolute atomic E-state index is 12.4. The number of ether oxygens (including phenoxy) is 2. The Morgan fingerprint density at radius 1 is 1.09 bits per heavy atom. The van der Waals surface area contributed by atoms with Crippen LogP contribution in [0.25, 0.3) is 0 Å². The third-order valence-corrected chi connectivity index (χ3v) is 6.66. The van der Waals surface area contributed by atoms with E-state index < -0.39 is 20.9 Å². The number of aryl methyl sites for hydroxylation is 1. The molecule has 0 spiro atoms. The number of benzene rings is 2. The average Bonchev–Trinajstić information content (AvgIpc) is 2.80. The van der Waals surface area contributed by atoms with Crippen LogP contribution in [0.15, 0.2) is 53.4 Å². The minimum Gasteiger partial charge on any atom is -0.427 e. The second kappa shape index (κ2) is 11.8. The molecule has 2 aromatic carbocycles. The van der Waals surface area contributed by atoms with Crippen molar-refractivity contribution in [2.45, 2.75) is 24.2 Å². The number of morpholine rings is 1. The number of carbonyl (C=O) groups excluding carboxylic acids is 1. The van der Waals surface area contributed by atoms with Crippen molar-refractivity contribution in [1.82, 2.24) is 9.62 Å². The Balaban J connectivity index is 1.41. The highest BCUT2D eigenvalue weighted by molar-refractivity contribution is 7.89. The van der Waals surface area contributed by atoms with Gasteiger partial charge in [0.15, 0.2) is 0 Å². The van der Waals surface area contributed by atoms with Crippen molar-refractivity contribution in [3.8, 4) is 5.75 Å². The van der Waals surface area contributed by atoms with Gasteiger partial charge in [0, 0.05) is 44.7 Å². The smallest absolute Gasteiger partial charge is 0.311 e. The van der Waals surface area contributed by atoms with Crippen molar-refractivity contribution in [2.24, 2.45) is 0 Å². The first kappa shape index (κ1) is 24.8. The third-order valence-electron chi connectivity index (χ3n) is 5.18. The first-order valence-electron chi connectivity index (χ1n) is 10.7. The van der Waals surface area contributed by atoms with Crippen LogP contribution in [-0.4, -0.2) is 63.6 Å². The van der Waals surface area contributed by atoms with Crippen molar-refractivity contribution in [2.75, 3.05) is 39.4 Å². The van der Waals surface area contributed by atoms with E-state index in [2.05, 4.69) is 9.62 Å². The topological polar surface area (TPSA) is 128 Å². The van der Waals surface area contributed by atoms with Crippen LogP contribution >= 0.6 is 0 Å². The van der Waals surface area contributed by atoms with Crippen molar-refractivity contribution in [3.63, 3.8) is 0 Å². The molecule has 0 aromatic heterocycles. The second-order valence-corrected chi connectivity index (χ2v) is 9.34. The third kappa shape index (κ3) is 7.90. The second-order valence-electron chi connectivity index (χ2n) is 7.57. The summed E-state index contributed by atoms with van der Waals surface area (Å²) in [5, 5.41) is 10.7. The fourth-order valence-corrected chi connectivity index (χ4v) is 4.36. The van der Waals surface area contributed by atoms with E-state index >= 15 is 0 Å². The summed E-state index contributed by atoms with van der Waals surface area (Å²) < 4.78 is 38.0. The van der Waals surface area contributed by atoms with E-state index in [9.17, 15) is 23.3 Å². The van der Waals surface area contributed by atoms with Gasteiger partial charge >= 0.3 is 5.97 Å². The van der Waals surface area contributed by atoms with E-state index in [4.69, 9.17) is 9.47 Å². The van der Waals surface area contributed by atoms with Gasteiger partial charge in [-0.05, 0) is 42.7 Å². The molecule has 0 radical (unpaired) electrons. The largest absolute Gasteiger partial charge is 0.427 e. The molecule has 1 aliphatic heterocycles. The molecule has 0 bridgehead atoms. The first-order valence-corrected chi connectivity index (χ1v) is 12.2. The molecule has 178 valence electrons. The Labute approximate surface area is 192 Å². The van der Waals surface area contributed by atoms with E-state index in [0.717, 1.165) is 18.7 Å². The molecule has 0 aliphatic carbocycles. The van der Waals surface area contributed by atoms with Gasteiger partial charge in [-0.15, -0.1) is 0 Å². The number of esters is 1. The number of nitro benzene ring substituents is 1. The van der Waals surface area contributed by atoms with E-state index in [1.54, 1.807) is 12.1 Å². The van der Waals surface area contributed by atoms with Crippen LogP contribution in [0.2, 0.25) is 0 Å². The summed E-state index contributed by atoms with van der Waals surface area (Å²) >= 11 is 0. The fourth-order valence-electron chi connectivity index (χ4n) is 3.34. The Morgan fingerprint density at radius 2 is 1.76 bits per heavy atom. The zero-order chi connectivity index (χ0) is 23.7. The normalized spacial score (nSPS) is 14.7. The van der Waals surface area contributed by atoms with Gasteiger partial charge in [-0.3, -0.25) is 19.8 Å². The van der Waals surface area contributed by atoms with E-state index in [-0.39, 0.29) is 22.8 Å². The SMILES string of the molecule is O=C(CCCc1ccc([N+](=O)[O-])cc1)Oc1ccc(S(=O)(=O)NCCN2CCOCC2)cc1. The van der Waals surface area contributed by atoms with Crippen LogP contribution in [0.3, 0.4) is 0 Å². The zero-order valence-corrected chi connectivity index (χ0v) is 19.0. The minimum absolute atomic E-state index is 0.0240. The highest BCUT2D eigenvalue weighted by Gasteiger charge is 2.16. The quantitative estimate of drug-likeness (QED) is 0.226. The zero-order valence-electron chi connectivity index (χ0n) is 18.1. The molecular weight excluding hydrogens is 450 g/mol. The molecule has 11 heteroatoms. The van der Waals surface area contributed by atoms with Crippen LogP contribution in [0.1, 0.15) is 18.4 Å². The molecule has 0 unspecified atom stereocenters. The van der Waals surface area contributed by atoms with Crippen LogP contribution in [0.4, 0.5) is 5.69 Å². The number of nitrogens with one attached hydrogen (secondary N) is 1. The number of non-ortho nitro benzene ring substituents is 1. The monoisotopic (exact) mass is 477 g/mol. The lowest BCUT2D eigenvalue weighted by molar-refractivity contribution is -0.384. The lowest BCUT2D eigenvalue weighted by Crippen LogP contribution is -2.41. The Kier molecular flexibility index (Phi) is 8.89. The van der Waals surface area contributed by atoms with Gasteiger partial charge in [0.25, 0.3) is 5.69 Å². The van der Waals surface area contributed by atoms with Crippen LogP contribution in [0.5, 0.6) is 5.75 Å². The standard InChI is InChI=1S/C22H27N3O7S/c26-22(3-1-2-18-4-6-19(7-5-18)25(27)28)32-20-8-10-21(11-9-20)33(29,30)23-12-13-24-14-16-31-17-15-24/h4-11,23H,1-3,12-17H2. The molecule has 1 saturated heterocycles. The number of hydrogen-bond acceptors (Lipinski definition) is 8. The molecule has 1 N–H and O–H groups in total. The van der Waals surface area contributed by atoms with Crippen LogP contribution < -0.4 is 9.46 Å². The number of rotatable bonds is 11. The number of nitro groups is 1. The van der Waals surface area contributed by atoms with Crippen LogP contribution in [0, 0.1) is 10.1 Å². The molecule has 0 saturated carbocycles. The molecule has 1 heterocycles. The minimum atomic E-state index is -3.65. The maximum Gasteiger partial charge on any atom is 0.311 e. The highest BCUT2D eigenvalue weighted by atomic mass is 32.2. The van der Waals surface area contributed by atoms with E-state index in [1.165, 1.54) is 36.4 Å². The van der Waals surface area contributed by atoms with Crippen molar-refractivity contribution in [3.05, 3.63) is 64.2 Å². The lowest BCUT2D eigenvalue weighted by atomic mass is 10.1. The summed E-state index contributed by atoms with van der Waals surface area (Å²) in [6.45, 7) is 3.80. The Bertz CT molecular complexity index is 1030. The molecule has 10 nitrogen and oxygen atoms in total. The van der Waals surface area contributed by atoms with Crippen LogP contribution in [-0.2, 0) is 26.0 Å². The summed E-state index contributed by atoms with van der Waals surface area (Å²) in [6, 6.07) is 11.9. The predicted octanol–water partition coefficient (Wildman–Crippen LogP) is 2.13. The number of nitrogens with zero attached hydrogens (tertiary/aromatic N) is 2. The summed E-state index contributed by atoms with van der Waals surface area (Å²) in [5.41, 5.74) is 0.917. The first-order chi connectivity index (χ1) is 15.8. The molecule has 3 rings (SSSR count). The van der Waals surface area contributed by atoms with Gasteiger partial charge in [-0.2, -0.15) is 0 Å². The number of carbonyl (C=O) groups is 1. The molecule has 1 fully saturated rings. The number of hydrogen-bond donors (Lipinski definition) is 1. The Hall–Kier alpha value is -2.86. The summed E-state index contributed by atoms with van der Waals surface area (Å²) in [4.78, 5) is 24.5. The molecule has 2 aromatic rings. The van der Waals surface area contributed by atoms with Gasteiger partial charge in [0.2, 0.25) is 10.0 Å². The summed E-state index contributed by atoms with van der Waals surface area (Å²) in [5.74, 6) is -0.168. The van der Waals surface area contributed by atoms with Gasteiger partial charge in [-0.1, -0.05) is 12.1 Å². The van der Waals surface area contributed by atoms with Crippen molar-refractivity contribution >= 4 is 21.7 Å². The van der Waals surface area contributed by atoms with E-state index in [1.807, 2.05) is 0 Å². The molecule has 1 aliphatic rings. The van der Waals surface area contributed by atoms with Crippen molar-refractivity contribution in [1.29, 1.82) is 0 Å². The fraction of sp³-hybridized carbons (Fsp3) is 0.409. The molecule has 33 heavy (non-hydrogen) atoms. The van der Waals surface area contributed by atoms with Gasteiger partial charge in [0.1, 0.15) is 5.75 Å². The lowest BCUT2D eigenvalue weighted by Gasteiger charge is -2.26. The number of sulfonamides is 1. The van der Waals surface area contributed by atoms with E-state index in [0.29, 0.717) is 39.1 Å². The Morgan fingerprint density at radius 3 is 2.39 bits per heavy atom. The average molecular weight is 478 g/mol. The summed E-state index contributed by atoms with van der Waals surface area (Å²) in [7, 11) is -3.65. The van der Waals surface area contributed by atoms with Gasteiger partial charge in [0.05, 0.1) is 23.0 Å². The maximum atomic E-state index is 12.4. The summed E-state index contributed by atoms with van der Waals surface area (Å²) in [6.07, 6.45) is 1.27. The molecular formula is C22H27N3O7S. The highest BCUT2D eigenvalue weighted by Crippen LogP contribution is 2.18. The molecule has 0 atom stereocenters.